The van der Waals surface area contributed by atoms with Crippen LogP contribution >= 0.6 is 0 Å². The SMILES string of the molecule is C=[C]CCCC[C]=C. The van der Waals surface area contributed by atoms with Crippen molar-refractivity contribution in [2.24, 2.45) is 0 Å². The molecule has 0 amide bonds. The van der Waals surface area contributed by atoms with Gasteiger partial charge in [-0.25, -0.2) is 0 Å². The van der Waals surface area contributed by atoms with Crippen LogP contribution in [0.25, 0.3) is 0 Å². The van der Waals surface area contributed by atoms with Gasteiger partial charge in [0.25, 0.3) is 0 Å². The third kappa shape index (κ3) is 5.48. The van der Waals surface area contributed by atoms with Gasteiger partial charge in [0.1, 0.15) is 0 Å². The molecule has 44 valence electrons. The summed E-state index contributed by atoms with van der Waals surface area (Å²) >= 11 is 0. The zero-order chi connectivity index (χ0) is 6.24. The van der Waals surface area contributed by atoms with E-state index in [9.17, 15) is 0 Å². The van der Waals surface area contributed by atoms with Crippen LogP contribution in [0, 0.1) is 12.2 Å². The molecule has 0 saturated heterocycles. The van der Waals surface area contributed by atoms with Crippen molar-refractivity contribution in [2.45, 2.75) is 25.7 Å². The maximum Gasteiger partial charge on any atom is -0.0282 e. The molecule has 0 heterocycles. The van der Waals surface area contributed by atoms with Crippen LogP contribution < -0.4 is 0 Å². The minimum atomic E-state index is 1.00. The van der Waals surface area contributed by atoms with Crippen LogP contribution in [-0.2, 0) is 0 Å². The van der Waals surface area contributed by atoms with Gasteiger partial charge in [0, 0.05) is 0 Å². The van der Waals surface area contributed by atoms with E-state index in [2.05, 4.69) is 25.3 Å². The van der Waals surface area contributed by atoms with Crippen LogP contribution in [0.5, 0.6) is 0 Å². The highest BCUT2D eigenvalue weighted by Crippen LogP contribution is 1.98. The molecule has 0 rings (SSSR count). The number of hydrogen-bond acceptors (Lipinski definition) is 0. The molecule has 0 unspecified atom stereocenters. The van der Waals surface area contributed by atoms with Gasteiger partial charge in [-0.15, -0.1) is 0 Å². The first-order chi connectivity index (χ1) is 3.91. The highest BCUT2D eigenvalue weighted by atomic mass is 13.9. The van der Waals surface area contributed by atoms with Crippen molar-refractivity contribution >= 4 is 0 Å². The van der Waals surface area contributed by atoms with E-state index in [1.165, 1.54) is 12.8 Å². The average molecular weight is 108 g/mol. The topological polar surface area (TPSA) is 0 Å². The first kappa shape index (κ1) is 7.48. The van der Waals surface area contributed by atoms with E-state index in [1.54, 1.807) is 0 Å². The predicted molar refractivity (Wildman–Crippen MR) is 36.2 cm³/mol. The Balaban J connectivity index is 2.71. The number of hydrogen-bond donors (Lipinski definition) is 0. The quantitative estimate of drug-likeness (QED) is 0.475. The van der Waals surface area contributed by atoms with Gasteiger partial charge in [-0.2, -0.15) is 0 Å². The minimum absolute atomic E-state index is 1.00. The number of allylic oxidation sites excluding steroid dienone is 2. The molecule has 0 aliphatic carbocycles. The fourth-order valence-electron chi connectivity index (χ4n) is 0.500. The van der Waals surface area contributed by atoms with E-state index in [-0.39, 0.29) is 0 Å². The Labute approximate surface area is 51.9 Å². The molecule has 0 nitrogen and oxygen atoms in total. The summed E-state index contributed by atoms with van der Waals surface area (Å²) in [6.07, 6.45) is 10.0. The smallest absolute Gasteiger partial charge is 0.0282 e. The zero-order valence-electron chi connectivity index (χ0n) is 5.24. The number of rotatable bonds is 5. The average Bonchev–Trinajstić information content (AvgIpc) is 1.81. The first-order valence-corrected chi connectivity index (χ1v) is 2.91. The van der Waals surface area contributed by atoms with E-state index in [4.69, 9.17) is 0 Å². The molecule has 0 aliphatic heterocycles. The monoisotopic (exact) mass is 108 g/mol. The van der Waals surface area contributed by atoms with Crippen LogP contribution in [0.1, 0.15) is 25.7 Å². The highest BCUT2D eigenvalue weighted by Gasteiger charge is 1.80. The Kier molecular flexibility index (Phi) is 6.06. The molecule has 0 aromatic heterocycles. The lowest BCUT2D eigenvalue weighted by atomic mass is 10.2. The molecule has 0 aromatic rings. The van der Waals surface area contributed by atoms with Crippen LogP contribution in [0.2, 0.25) is 0 Å². The van der Waals surface area contributed by atoms with Gasteiger partial charge in [0.15, 0.2) is 0 Å². The number of unbranched alkanes of at least 4 members (excludes halogenated alkanes) is 3. The minimum Gasteiger partial charge on any atom is -0.0956 e. The molecule has 0 bridgehead atoms. The zero-order valence-corrected chi connectivity index (χ0v) is 5.24. The Bertz CT molecular complexity index is 52.4. The van der Waals surface area contributed by atoms with Gasteiger partial charge in [0.2, 0.25) is 0 Å². The van der Waals surface area contributed by atoms with Crippen LogP contribution in [0.4, 0.5) is 0 Å². The van der Waals surface area contributed by atoms with Crippen molar-refractivity contribution in [3.63, 3.8) is 0 Å². The largest absolute Gasteiger partial charge is 0.0956 e. The van der Waals surface area contributed by atoms with Crippen molar-refractivity contribution in [3.05, 3.63) is 25.3 Å². The lowest BCUT2D eigenvalue weighted by Gasteiger charge is -1.88. The maximum absolute atomic E-state index is 3.50. The Morgan fingerprint density at radius 3 is 1.50 bits per heavy atom. The molecule has 0 heteroatoms. The molecule has 0 fully saturated rings. The molecule has 0 aliphatic rings. The molecule has 8 heavy (non-hydrogen) atoms. The van der Waals surface area contributed by atoms with E-state index >= 15 is 0 Å². The molecular formula is C8H12. The molecular weight excluding hydrogens is 96.1 g/mol. The van der Waals surface area contributed by atoms with Gasteiger partial charge in [-0.1, -0.05) is 25.3 Å². The molecule has 2 radical (unpaired) electrons. The van der Waals surface area contributed by atoms with Crippen molar-refractivity contribution in [1.82, 2.24) is 0 Å². The van der Waals surface area contributed by atoms with E-state index in [0.717, 1.165) is 12.8 Å². The van der Waals surface area contributed by atoms with Crippen molar-refractivity contribution in [2.75, 3.05) is 0 Å². The summed E-state index contributed by atoms with van der Waals surface area (Å²) in [7, 11) is 0. The van der Waals surface area contributed by atoms with Crippen LogP contribution in [0.3, 0.4) is 0 Å². The second-order valence-corrected chi connectivity index (χ2v) is 1.71. The Morgan fingerprint density at radius 1 is 0.875 bits per heavy atom. The predicted octanol–water partition coefficient (Wildman–Crippen LogP) is 2.53. The fourth-order valence-corrected chi connectivity index (χ4v) is 0.500. The summed E-state index contributed by atoms with van der Waals surface area (Å²) in [6.45, 7) is 6.99. The second-order valence-electron chi connectivity index (χ2n) is 1.71. The lowest BCUT2D eigenvalue weighted by molar-refractivity contribution is 0.748. The molecule has 0 spiro atoms. The van der Waals surface area contributed by atoms with Crippen LogP contribution in [0.15, 0.2) is 13.2 Å². The molecule has 0 aromatic carbocycles. The Morgan fingerprint density at radius 2 is 1.25 bits per heavy atom. The Hall–Kier alpha value is -0.520. The van der Waals surface area contributed by atoms with Crippen LogP contribution in [-0.4, -0.2) is 0 Å². The summed E-state index contributed by atoms with van der Waals surface area (Å²) in [5.41, 5.74) is 0. The van der Waals surface area contributed by atoms with Gasteiger partial charge in [0.05, 0.1) is 0 Å². The van der Waals surface area contributed by atoms with Gasteiger partial charge in [-0.05, 0) is 25.7 Å². The van der Waals surface area contributed by atoms with E-state index < -0.39 is 0 Å². The molecule has 0 saturated carbocycles. The lowest BCUT2D eigenvalue weighted by Crippen LogP contribution is -1.70. The maximum atomic E-state index is 3.50. The third-order valence-electron chi connectivity index (χ3n) is 0.957. The second kappa shape index (κ2) is 6.48. The van der Waals surface area contributed by atoms with Gasteiger partial charge in [-0.3, -0.25) is 0 Å². The van der Waals surface area contributed by atoms with Crippen molar-refractivity contribution in [3.8, 4) is 0 Å². The summed E-state index contributed by atoms with van der Waals surface area (Å²) in [6, 6.07) is 0. The van der Waals surface area contributed by atoms with E-state index in [0.29, 0.717) is 0 Å². The summed E-state index contributed by atoms with van der Waals surface area (Å²) in [4.78, 5) is 0. The normalized spacial score (nSPS) is 8.50. The third-order valence-corrected chi connectivity index (χ3v) is 0.957. The van der Waals surface area contributed by atoms with Gasteiger partial charge >= 0.3 is 0 Å². The van der Waals surface area contributed by atoms with Crippen molar-refractivity contribution < 1.29 is 0 Å². The van der Waals surface area contributed by atoms with Gasteiger partial charge < -0.3 is 0 Å². The van der Waals surface area contributed by atoms with E-state index in [1.807, 2.05) is 0 Å². The first-order valence-electron chi connectivity index (χ1n) is 2.91. The standard InChI is InChI=1S/C8H12/c1-3-5-7-8-6-4-2/h1-2,5-8H2. The highest BCUT2D eigenvalue weighted by molar-refractivity contribution is 4.59. The molecule has 0 N–H and O–H groups in total. The summed E-state index contributed by atoms with van der Waals surface area (Å²) < 4.78 is 0. The fraction of sp³-hybridized carbons (Fsp3) is 0.500. The summed E-state index contributed by atoms with van der Waals surface area (Å²) in [5.74, 6) is 0. The van der Waals surface area contributed by atoms with Crippen molar-refractivity contribution in [1.29, 1.82) is 0 Å². The summed E-state index contributed by atoms with van der Waals surface area (Å²) in [5, 5.41) is 0. The molecule has 0 atom stereocenters.